The molecule has 2 N–H and O–H groups in total. The Labute approximate surface area is 82.2 Å². The highest BCUT2D eigenvalue weighted by atomic mass is 19.4. The van der Waals surface area contributed by atoms with Gasteiger partial charge in [0.2, 0.25) is 0 Å². The first-order chi connectivity index (χ1) is 6.75. The lowest BCUT2D eigenvalue weighted by atomic mass is 10.3. The van der Waals surface area contributed by atoms with Crippen LogP contribution in [0.4, 0.5) is 18.0 Å². The second-order valence-corrected chi connectivity index (χ2v) is 3.20. The molecule has 0 aliphatic heterocycles. The molecule has 0 aromatic heterocycles. The summed E-state index contributed by atoms with van der Waals surface area (Å²) in [6, 6.07) is 0. The number of nitrogens with one attached hydrogen (secondary N) is 1. The Hall–Kier alpha value is -1.47. The van der Waals surface area contributed by atoms with E-state index in [2.05, 4.69) is 4.74 Å². The van der Waals surface area contributed by atoms with Gasteiger partial charge in [0.1, 0.15) is 5.54 Å². The average Bonchev–Trinajstić information content (AvgIpc) is 2.81. The van der Waals surface area contributed by atoms with Crippen molar-refractivity contribution in [3.8, 4) is 0 Å². The number of carbonyl (C=O) groups excluding carboxylic acids is 1. The van der Waals surface area contributed by atoms with E-state index in [1.54, 1.807) is 0 Å². The summed E-state index contributed by atoms with van der Waals surface area (Å²) in [6.07, 6.45) is -5.59. The Morgan fingerprint density at radius 3 is 2.27 bits per heavy atom. The quantitative estimate of drug-likeness (QED) is 0.750. The van der Waals surface area contributed by atoms with Crippen LogP contribution in [0.5, 0.6) is 0 Å². The Kier molecular flexibility index (Phi) is 2.78. The van der Waals surface area contributed by atoms with Crippen LogP contribution < -0.4 is 5.32 Å². The molecular weight excluding hydrogens is 219 g/mol. The van der Waals surface area contributed by atoms with Gasteiger partial charge in [-0.15, -0.1) is 0 Å². The van der Waals surface area contributed by atoms with E-state index in [1.165, 1.54) is 0 Å². The zero-order chi connectivity index (χ0) is 11.7. The van der Waals surface area contributed by atoms with Crippen LogP contribution in [0.1, 0.15) is 12.8 Å². The number of halogens is 3. The van der Waals surface area contributed by atoms with E-state index in [9.17, 15) is 22.8 Å². The second kappa shape index (κ2) is 3.59. The lowest BCUT2D eigenvalue weighted by molar-refractivity contribution is -0.160. The Morgan fingerprint density at radius 1 is 1.40 bits per heavy atom. The van der Waals surface area contributed by atoms with E-state index in [0.29, 0.717) is 0 Å². The molecule has 0 unspecified atom stereocenters. The number of rotatable bonds is 3. The number of alkyl halides is 3. The van der Waals surface area contributed by atoms with Crippen LogP contribution in [-0.4, -0.2) is 35.5 Å². The molecule has 0 bridgehead atoms. The number of ether oxygens (including phenoxy) is 1. The van der Waals surface area contributed by atoms with Crippen LogP contribution >= 0.6 is 0 Å². The van der Waals surface area contributed by atoms with Crippen molar-refractivity contribution in [2.75, 3.05) is 6.61 Å². The van der Waals surface area contributed by atoms with Crippen molar-refractivity contribution in [3.05, 3.63) is 0 Å². The van der Waals surface area contributed by atoms with Gasteiger partial charge in [-0.1, -0.05) is 0 Å². The molecule has 1 amide bonds. The maximum Gasteiger partial charge on any atom is 0.422 e. The van der Waals surface area contributed by atoms with Crippen molar-refractivity contribution in [3.63, 3.8) is 0 Å². The normalized spacial score (nSPS) is 18.1. The maximum absolute atomic E-state index is 11.6. The third-order valence-electron chi connectivity index (χ3n) is 1.87. The fourth-order valence-electron chi connectivity index (χ4n) is 0.896. The number of carboxylic acids is 1. The number of amides is 1. The zero-order valence-corrected chi connectivity index (χ0v) is 7.43. The second-order valence-electron chi connectivity index (χ2n) is 3.20. The maximum atomic E-state index is 11.6. The molecule has 0 aromatic carbocycles. The van der Waals surface area contributed by atoms with Gasteiger partial charge in [-0.2, -0.15) is 13.2 Å². The van der Waals surface area contributed by atoms with Crippen molar-refractivity contribution in [2.45, 2.75) is 24.6 Å². The molecule has 1 fully saturated rings. The standard InChI is InChI=1S/C7H8F3NO4/c8-7(9,10)3-15-5(14)11-6(1-2-6)4(12)13/h1-3H2,(H,11,14)(H,12,13). The number of carboxylic acid groups (broad SMARTS) is 1. The third kappa shape index (κ3) is 3.30. The fraction of sp³-hybridized carbons (Fsp3) is 0.714. The molecule has 15 heavy (non-hydrogen) atoms. The summed E-state index contributed by atoms with van der Waals surface area (Å²) < 4.78 is 38.6. The minimum atomic E-state index is -4.61. The molecule has 1 aliphatic carbocycles. The van der Waals surface area contributed by atoms with Gasteiger partial charge in [0, 0.05) is 0 Å². The van der Waals surface area contributed by atoms with Crippen LogP contribution in [0.25, 0.3) is 0 Å². The van der Waals surface area contributed by atoms with Gasteiger partial charge in [0.05, 0.1) is 0 Å². The summed E-state index contributed by atoms with van der Waals surface area (Å²) in [4.78, 5) is 21.3. The van der Waals surface area contributed by atoms with Crippen molar-refractivity contribution in [1.29, 1.82) is 0 Å². The van der Waals surface area contributed by atoms with Crippen molar-refractivity contribution in [1.82, 2.24) is 5.32 Å². The van der Waals surface area contributed by atoms with Gasteiger partial charge in [-0.3, -0.25) is 0 Å². The van der Waals surface area contributed by atoms with Crippen molar-refractivity contribution < 1.29 is 32.6 Å². The third-order valence-corrected chi connectivity index (χ3v) is 1.87. The lowest BCUT2D eigenvalue weighted by Crippen LogP contribution is -2.44. The Bertz CT molecular complexity index is 284. The van der Waals surface area contributed by atoms with E-state index in [0.717, 1.165) is 0 Å². The minimum Gasteiger partial charge on any atom is -0.480 e. The van der Waals surface area contributed by atoms with E-state index in [4.69, 9.17) is 5.11 Å². The summed E-state index contributed by atoms with van der Waals surface area (Å²) >= 11 is 0. The van der Waals surface area contributed by atoms with Gasteiger partial charge in [0.25, 0.3) is 0 Å². The summed E-state index contributed by atoms with van der Waals surface area (Å²) in [5.41, 5.74) is -1.43. The highest BCUT2D eigenvalue weighted by Crippen LogP contribution is 2.35. The van der Waals surface area contributed by atoms with E-state index in [-0.39, 0.29) is 12.8 Å². The predicted molar refractivity (Wildman–Crippen MR) is 40.1 cm³/mol. The first kappa shape index (κ1) is 11.6. The van der Waals surface area contributed by atoms with Gasteiger partial charge < -0.3 is 15.2 Å². The van der Waals surface area contributed by atoms with Crippen LogP contribution in [-0.2, 0) is 9.53 Å². The molecule has 0 atom stereocenters. The molecule has 1 saturated carbocycles. The van der Waals surface area contributed by atoms with Crippen LogP contribution in [0.3, 0.4) is 0 Å². The smallest absolute Gasteiger partial charge is 0.422 e. The van der Waals surface area contributed by atoms with Crippen LogP contribution in [0.15, 0.2) is 0 Å². The molecule has 1 aliphatic rings. The fourth-order valence-corrected chi connectivity index (χ4v) is 0.896. The van der Waals surface area contributed by atoms with Crippen LogP contribution in [0, 0.1) is 0 Å². The highest BCUT2D eigenvalue weighted by molar-refractivity contribution is 5.87. The van der Waals surface area contributed by atoms with Gasteiger partial charge in [0.15, 0.2) is 6.61 Å². The first-order valence-electron chi connectivity index (χ1n) is 4.00. The summed E-state index contributed by atoms with van der Waals surface area (Å²) in [5.74, 6) is -1.27. The van der Waals surface area contributed by atoms with E-state index in [1.807, 2.05) is 5.32 Å². The van der Waals surface area contributed by atoms with E-state index < -0.39 is 30.4 Å². The van der Waals surface area contributed by atoms with Gasteiger partial charge >= 0.3 is 18.2 Å². The lowest BCUT2D eigenvalue weighted by Gasteiger charge is -2.13. The number of hydrogen-bond donors (Lipinski definition) is 2. The summed E-state index contributed by atoms with van der Waals surface area (Å²) in [6.45, 7) is -1.73. The van der Waals surface area contributed by atoms with E-state index >= 15 is 0 Å². The summed E-state index contributed by atoms with van der Waals surface area (Å²) in [5, 5.41) is 10.5. The van der Waals surface area contributed by atoms with Crippen LogP contribution in [0.2, 0.25) is 0 Å². The zero-order valence-electron chi connectivity index (χ0n) is 7.43. The molecule has 0 aromatic rings. The SMILES string of the molecule is O=C(NC1(C(=O)O)CC1)OCC(F)(F)F. The molecule has 0 spiro atoms. The molecular formula is C7H8F3NO4. The predicted octanol–water partition coefficient (Wildman–Crippen LogP) is 0.892. The van der Waals surface area contributed by atoms with Gasteiger partial charge in [-0.05, 0) is 12.8 Å². The van der Waals surface area contributed by atoms with Crippen molar-refractivity contribution >= 4 is 12.1 Å². The monoisotopic (exact) mass is 227 g/mol. The summed E-state index contributed by atoms with van der Waals surface area (Å²) in [7, 11) is 0. The Balaban J connectivity index is 2.34. The molecule has 0 saturated heterocycles. The minimum absolute atomic E-state index is 0.198. The molecule has 86 valence electrons. The number of hydrogen-bond acceptors (Lipinski definition) is 3. The Morgan fingerprint density at radius 2 is 1.93 bits per heavy atom. The molecule has 0 radical (unpaired) electrons. The number of aliphatic carboxylic acids is 1. The van der Waals surface area contributed by atoms with Crippen molar-refractivity contribution in [2.24, 2.45) is 0 Å². The largest absolute Gasteiger partial charge is 0.480 e. The molecule has 0 heterocycles. The topological polar surface area (TPSA) is 75.6 Å². The molecule has 1 rings (SSSR count). The highest BCUT2D eigenvalue weighted by Gasteiger charge is 2.52. The first-order valence-corrected chi connectivity index (χ1v) is 4.00. The number of carbonyl (C=O) groups is 2. The average molecular weight is 227 g/mol. The molecule has 8 heteroatoms. The molecule has 5 nitrogen and oxygen atoms in total. The number of alkyl carbamates (subject to hydrolysis) is 1. The van der Waals surface area contributed by atoms with Gasteiger partial charge in [-0.25, -0.2) is 9.59 Å².